The molecule has 0 spiro atoms. The quantitative estimate of drug-likeness (QED) is 0.616. The summed E-state index contributed by atoms with van der Waals surface area (Å²) in [6.45, 7) is 8.10. The largest absolute Gasteiger partial charge is 0.377 e. The molecule has 1 heterocycles. The van der Waals surface area contributed by atoms with Crippen LogP contribution < -0.4 is 5.32 Å². The molecule has 0 aliphatic carbocycles. The first kappa shape index (κ1) is 13.9. The number of nitrogens with one attached hydrogen (secondary N) is 1. The van der Waals surface area contributed by atoms with E-state index in [0.29, 0.717) is 12.2 Å². The molecule has 0 radical (unpaired) electrons. The smallest absolute Gasteiger partial charge is 0.0700 e. The Labute approximate surface area is 99.9 Å². The van der Waals surface area contributed by atoms with Gasteiger partial charge in [-0.1, -0.05) is 19.8 Å². The van der Waals surface area contributed by atoms with E-state index in [1.165, 1.54) is 32.1 Å². The minimum Gasteiger partial charge on any atom is -0.377 e. The van der Waals surface area contributed by atoms with Gasteiger partial charge in [-0.2, -0.15) is 0 Å². The molecule has 3 heteroatoms. The summed E-state index contributed by atoms with van der Waals surface area (Å²) in [6.07, 6.45) is 6.90. The van der Waals surface area contributed by atoms with E-state index in [4.69, 9.17) is 9.47 Å². The number of hydrogen-bond acceptors (Lipinski definition) is 3. The number of hydrogen-bond donors (Lipinski definition) is 1. The highest BCUT2D eigenvalue weighted by atomic mass is 16.5. The first-order valence-corrected chi connectivity index (χ1v) is 6.77. The number of rotatable bonds is 9. The molecule has 1 rings (SSSR count). The van der Waals surface area contributed by atoms with Crippen molar-refractivity contribution in [1.29, 1.82) is 0 Å². The van der Waals surface area contributed by atoms with E-state index in [-0.39, 0.29) is 0 Å². The molecule has 1 saturated heterocycles. The summed E-state index contributed by atoms with van der Waals surface area (Å²) < 4.78 is 11.2. The molecule has 1 aliphatic heterocycles. The zero-order valence-electron chi connectivity index (χ0n) is 10.8. The van der Waals surface area contributed by atoms with Crippen molar-refractivity contribution in [3.05, 3.63) is 0 Å². The summed E-state index contributed by atoms with van der Waals surface area (Å²) in [5.41, 5.74) is 0. The molecule has 0 aromatic carbocycles. The second kappa shape index (κ2) is 8.97. The fraction of sp³-hybridized carbons (Fsp3) is 1.00. The van der Waals surface area contributed by atoms with Gasteiger partial charge in [-0.25, -0.2) is 0 Å². The summed E-state index contributed by atoms with van der Waals surface area (Å²) in [6, 6.07) is 0. The van der Waals surface area contributed by atoms with Gasteiger partial charge in [0.05, 0.1) is 12.2 Å². The van der Waals surface area contributed by atoms with Crippen molar-refractivity contribution in [1.82, 2.24) is 5.32 Å². The van der Waals surface area contributed by atoms with Crippen LogP contribution in [0.4, 0.5) is 0 Å². The third-order valence-corrected chi connectivity index (χ3v) is 2.98. The minimum atomic E-state index is 0.318. The molecule has 1 N–H and O–H groups in total. The first-order chi connectivity index (χ1) is 7.83. The van der Waals surface area contributed by atoms with Crippen LogP contribution in [0, 0.1) is 0 Å². The predicted molar refractivity (Wildman–Crippen MR) is 66.8 cm³/mol. The highest BCUT2D eigenvalue weighted by Crippen LogP contribution is 2.10. The molecule has 0 bridgehead atoms. The lowest BCUT2D eigenvalue weighted by Crippen LogP contribution is -2.33. The monoisotopic (exact) mass is 229 g/mol. The molecular weight excluding hydrogens is 202 g/mol. The third kappa shape index (κ3) is 6.46. The van der Waals surface area contributed by atoms with E-state index in [1.807, 2.05) is 0 Å². The van der Waals surface area contributed by atoms with Crippen molar-refractivity contribution in [2.75, 3.05) is 26.3 Å². The average Bonchev–Trinajstić information content (AvgIpc) is 2.77. The van der Waals surface area contributed by atoms with Gasteiger partial charge >= 0.3 is 0 Å². The maximum atomic E-state index is 5.71. The Kier molecular flexibility index (Phi) is 7.81. The Bertz CT molecular complexity index is 158. The SMILES string of the molecule is CCCCCOC(C)CNCC1CCCO1. The van der Waals surface area contributed by atoms with Gasteiger partial charge in [0.15, 0.2) is 0 Å². The van der Waals surface area contributed by atoms with Gasteiger partial charge < -0.3 is 14.8 Å². The van der Waals surface area contributed by atoms with Crippen LogP contribution in [0.25, 0.3) is 0 Å². The van der Waals surface area contributed by atoms with Crippen LogP contribution in [-0.4, -0.2) is 38.5 Å². The lowest BCUT2D eigenvalue weighted by atomic mass is 10.2. The van der Waals surface area contributed by atoms with Crippen molar-refractivity contribution in [3.8, 4) is 0 Å². The maximum Gasteiger partial charge on any atom is 0.0700 e. The molecule has 2 atom stereocenters. The lowest BCUT2D eigenvalue weighted by Gasteiger charge is -2.16. The van der Waals surface area contributed by atoms with Gasteiger partial charge in [0.1, 0.15) is 0 Å². The fourth-order valence-electron chi connectivity index (χ4n) is 1.95. The van der Waals surface area contributed by atoms with Gasteiger partial charge in [-0.15, -0.1) is 0 Å². The van der Waals surface area contributed by atoms with Crippen molar-refractivity contribution in [2.45, 2.75) is 58.2 Å². The second-order valence-corrected chi connectivity index (χ2v) is 4.68. The van der Waals surface area contributed by atoms with Gasteiger partial charge in [-0.05, 0) is 26.2 Å². The molecular formula is C13H27NO2. The van der Waals surface area contributed by atoms with Crippen LogP contribution in [0.15, 0.2) is 0 Å². The minimum absolute atomic E-state index is 0.318. The van der Waals surface area contributed by atoms with E-state index in [2.05, 4.69) is 19.2 Å². The predicted octanol–water partition coefficient (Wildman–Crippen LogP) is 2.35. The van der Waals surface area contributed by atoms with E-state index >= 15 is 0 Å². The van der Waals surface area contributed by atoms with Crippen LogP contribution in [0.5, 0.6) is 0 Å². The zero-order valence-corrected chi connectivity index (χ0v) is 10.8. The summed E-state index contributed by atoms with van der Waals surface area (Å²) in [5.74, 6) is 0. The summed E-state index contributed by atoms with van der Waals surface area (Å²) in [5, 5.41) is 3.42. The summed E-state index contributed by atoms with van der Waals surface area (Å²) in [7, 11) is 0. The molecule has 0 saturated carbocycles. The molecule has 16 heavy (non-hydrogen) atoms. The van der Waals surface area contributed by atoms with Crippen LogP contribution >= 0.6 is 0 Å². The van der Waals surface area contributed by atoms with E-state index < -0.39 is 0 Å². The number of unbranched alkanes of at least 4 members (excludes halogenated alkanes) is 2. The van der Waals surface area contributed by atoms with Gasteiger partial charge in [0, 0.05) is 26.3 Å². The normalized spacial score (nSPS) is 22.5. The Morgan fingerprint density at radius 1 is 1.44 bits per heavy atom. The highest BCUT2D eigenvalue weighted by Gasteiger charge is 2.14. The van der Waals surface area contributed by atoms with Crippen molar-refractivity contribution in [3.63, 3.8) is 0 Å². The highest BCUT2D eigenvalue weighted by molar-refractivity contribution is 4.68. The van der Waals surface area contributed by atoms with Crippen molar-refractivity contribution < 1.29 is 9.47 Å². The van der Waals surface area contributed by atoms with Gasteiger partial charge in [-0.3, -0.25) is 0 Å². The molecule has 0 aromatic heterocycles. The van der Waals surface area contributed by atoms with Crippen LogP contribution in [0.2, 0.25) is 0 Å². The molecule has 0 amide bonds. The molecule has 1 aliphatic rings. The topological polar surface area (TPSA) is 30.5 Å². The van der Waals surface area contributed by atoms with Crippen LogP contribution in [0.3, 0.4) is 0 Å². The third-order valence-electron chi connectivity index (χ3n) is 2.98. The lowest BCUT2D eigenvalue weighted by molar-refractivity contribution is 0.0576. The Hall–Kier alpha value is -0.120. The molecule has 96 valence electrons. The maximum absolute atomic E-state index is 5.71. The Balaban J connectivity index is 1.87. The average molecular weight is 229 g/mol. The molecule has 2 unspecified atom stereocenters. The molecule has 0 aromatic rings. The van der Waals surface area contributed by atoms with E-state index in [1.54, 1.807) is 0 Å². The standard InChI is InChI=1S/C13H27NO2/c1-3-4-5-8-15-12(2)10-14-11-13-7-6-9-16-13/h12-14H,3-11H2,1-2H3. The first-order valence-electron chi connectivity index (χ1n) is 6.77. The molecule has 3 nitrogen and oxygen atoms in total. The zero-order chi connectivity index (χ0) is 11.6. The van der Waals surface area contributed by atoms with Crippen molar-refractivity contribution in [2.24, 2.45) is 0 Å². The summed E-state index contributed by atoms with van der Waals surface area (Å²) >= 11 is 0. The molecule has 1 fully saturated rings. The Morgan fingerprint density at radius 2 is 2.31 bits per heavy atom. The fourth-order valence-corrected chi connectivity index (χ4v) is 1.95. The van der Waals surface area contributed by atoms with E-state index in [9.17, 15) is 0 Å². The van der Waals surface area contributed by atoms with Crippen LogP contribution in [0.1, 0.15) is 46.0 Å². The van der Waals surface area contributed by atoms with E-state index in [0.717, 1.165) is 26.3 Å². The van der Waals surface area contributed by atoms with Crippen LogP contribution in [-0.2, 0) is 9.47 Å². The van der Waals surface area contributed by atoms with Gasteiger partial charge in [0.25, 0.3) is 0 Å². The summed E-state index contributed by atoms with van der Waals surface area (Å²) in [4.78, 5) is 0. The number of ether oxygens (including phenoxy) is 2. The second-order valence-electron chi connectivity index (χ2n) is 4.68. The Morgan fingerprint density at radius 3 is 3.00 bits per heavy atom. The van der Waals surface area contributed by atoms with Gasteiger partial charge in [0.2, 0.25) is 0 Å². The van der Waals surface area contributed by atoms with Crippen molar-refractivity contribution >= 4 is 0 Å².